The van der Waals surface area contributed by atoms with Crippen molar-refractivity contribution in [1.29, 1.82) is 4.89 Å². The van der Waals surface area contributed by atoms with Gasteiger partial charge in [0.2, 0.25) is 0 Å². The van der Waals surface area contributed by atoms with Crippen LogP contribution in [0.5, 0.6) is 0 Å². The summed E-state index contributed by atoms with van der Waals surface area (Å²) in [7, 11) is 1.42. The van der Waals surface area contributed by atoms with Crippen molar-refractivity contribution in [2.24, 2.45) is 0 Å². The fourth-order valence-corrected chi connectivity index (χ4v) is 0. The number of nitrogens with zero attached hydrogens (tertiary/aromatic N) is 1. The molecule has 5 nitrogen and oxygen atoms in total. The van der Waals surface area contributed by atoms with Gasteiger partial charge in [-0.05, 0) is 0 Å². The fraction of sp³-hybridized carbons (Fsp3) is 0. The van der Waals surface area contributed by atoms with Gasteiger partial charge in [-0.3, -0.25) is 4.89 Å². The SMILES string of the molecule is N.N.N.N.N#[SiH].[Al].[Ti].[Ti].[Ti]. The van der Waals surface area contributed by atoms with Gasteiger partial charge in [0.15, 0.2) is 9.88 Å². The Morgan fingerprint density at radius 3 is 0.600 bits per heavy atom. The normalized spacial score (nSPS) is 0.200. The summed E-state index contributed by atoms with van der Waals surface area (Å²) < 4.78 is 0. The van der Waals surface area contributed by atoms with Crippen LogP contribution < -0.4 is 24.6 Å². The Kier molecular flexibility index (Phi) is 2880. The quantitative estimate of drug-likeness (QED) is 0.444. The molecule has 0 amide bonds. The zero-order chi connectivity index (χ0) is 2.00. The minimum Gasteiger partial charge on any atom is -0.344 e. The predicted octanol–water partition coefficient (Wildman–Crippen LogP) is -0.374. The minimum absolute atomic E-state index is 0. The van der Waals surface area contributed by atoms with Crippen LogP contribution in [0.15, 0.2) is 0 Å². The van der Waals surface area contributed by atoms with Crippen LogP contribution in [-0.2, 0) is 65.2 Å². The molecule has 0 heterocycles. The Balaban J connectivity index is -0.000000000179. The Morgan fingerprint density at radius 1 is 0.600 bits per heavy atom. The molecule has 0 spiro atoms. The molecule has 0 aromatic rings. The molecule has 0 aromatic heterocycles. The van der Waals surface area contributed by atoms with Crippen molar-refractivity contribution in [2.75, 3.05) is 0 Å². The van der Waals surface area contributed by atoms with Crippen LogP contribution in [0.3, 0.4) is 0 Å². The molecular weight excluding hydrogens is 269 g/mol. The summed E-state index contributed by atoms with van der Waals surface area (Å²) in [4.78, 5) is 6.92. The van der Waals surface area contributed by atoms with Crippen LogP contribution in [0.2, 0.25) is 0 Å². The van der Waals surface area contributed by atoms with Gasteiger partial charge in [-0.2, -0.15) is 0 Å². The molecule has 0 aliphatic heterocycles. The summed E-state index contributed by atoms with van der Waals surface area (Å²) in [5.74, 6) is 0. The maximum Gasteiger partial charge on any atom is 0.176 e. The van der Waals surface area contributed by atoms with E-state index >= 15 is 0 Å². The molecule has 10 heavy (non-hydrogen) atoms. The Labute approximate surface area is 120 Å². The molecule has 0 bridgehead atoms. The van der Waals surface area contributed by atoms with E-state index < -0.39 is 0 Å². The molecule has 0 aliphatic rings. The number of hydrogen-bond donors (Lipinski definition) is 4. The average molecular weight is 282 g/mol. The summed E-state index contributed by atoms with van der Waals surface area (Å²) in [5.41, 5.74) is 0. The maximum absolute atomic E-state index is 6.92. The first-order valence-corrected chi connectivity index (χ1v) is 0.775. The van der Waals surface area contributed by atoms with E-state index in [0.717, 1.165) is 0 Å². The molecular formula is H13AlN5SiTi3. The molecule has 0 aromatic carbocycles. The zero-order valence-electron chi connectivity index (χ0n) is 5.93. The van der Waals surface area contributed by atoms with Crippen LogP contribution >= 0.6 is 0 Å². The predicted molar refractivity (Wildman–Crippen MR) is 34.7 cm³/mol. The second-order valence-electron chi connectivity index (χ2n) is 0. The number of hydrogen-bond acceptors (Lipinski definition) is 5. The first kappa shape index (κ1) is 137. The number of rotatable bonds is 0. The van der Waals surface area contributed by atoms with E-state index in [-0.39, 0.29) is 107 Å². The second kappa shape index (κ2) is 209. The summed E-state index contributed by atoms with van der Waals surface area (Å²) in [6.07, 6.45) is 0. The molecule has 0 atom stereocenters. The van der Waals surface area contributed by atoms with Crippen LogP contribution in [-0.4, -0.2) is 27.2 Å². The summed E-state index contributed by atoms with van der Waals surface area (Å²) in [6.45, 7) is 0. The standard InChI is InChI=1S/Al.HNSi.4H3N.3Ti/c;1-2;;;;;;;/h;2H;4*1H3;;;. The summed E-state index contributed by atoms with van der Waals surface area (Å²) in [5, 5.41) is 0. The minimum atomic E-state index is 0. The first-order chi connectivity index (χ1) is 1.00. The molecule has 0 saturated carbocycles. The van der Waals surface area contributed by atoms with Crippen LogP contribution in [0.25, 0.3) is 0 Å². The van der Waals surface area contributed by atoms with Gasteiger partial charge in [0.25, 0.3) is 0 Å². The molecule has 0 rings (SSSR count). The van der Waals surface area contributed by atoms with Crippen molar-refractivity contribution in [1.82, 2.24) is 24.6 Å². The Morgan fingerprint density at radius 2 is 0.600 bits per heavy atom. The van der Waals surface area contributed by atoms with E-state index in [1.54, 1.807) is 0 Å². The van der Waals surface area contributed by atoms with E-state index in [9.17, 15) is 0 Å². The van der Waals surface area contributed by atoms with Gasteiger partial charge >= 0.3 is 0 Å². The van der Waals surface area contributed by atoms with E-state index in [1.165, 1.54) is 9.88 Å². The van der Waals surface area contributed by atoms with Gasteiger partial charge in [-0.1, -0.05) is 0 Å². The Bertz CT molecular complexity index is 21.6. The van der Waals surface area contributed by atoms with E-state index in [4.69, 9.17) is 4.89 Å². The van der Waals surface area contributed by atoms with Crippen LogP contribution in [0, 0.1) is 4.89 Å². The fourth-order valence-electron chi connectivity index (χ4n) is 0. The summed E-state index contributed by atoms with van der Waals surface area (Å²) in [6, 6.07) is 0. The van der Waals surface area contributed by atoms with Crippen molar-refractivity contribution in [3.05, 3.63) is 0 Å². The van der Waals surface area contributed by atoms with E-state index in [2.05, 4.69) is 0 Å². The first-order valence-electron chi connectivity index (χ1n) is 0.258. The van der Waals surface area contributed by atoms with Gasteiger partial charge in [0.05, 0.1) is 0 Å². The summed E-state index contributed by atoms with van der Waals surface area (Å²) >= 11 is 0. The van der Waals surface area contributed by atoms with Gasteiger partial charge in [-0.25, -0.2) is 0 Å². The molecule has 10 heteroatoms. The van der Waals surface area contributed by atoms with Crippen LogP contribution in [0.4, 0.5) is 0 Å². The molecule has 12 N–H and O–H groups in total. The third-order valence-corrected chi connectivity index (χ3v) is 0. The zero-order valence-corrected chi connectivity index (χ0v) is 12.9. The molecule has 57 valence electrons. The smallest absolute Gasteiger partial charge is 0.176 e. The van der Waals surface area contributed by atoms with Crippen molar-refractivity contribution in [2.45, 2.75) is 0 Å². The van der Waals surface area contributed by atoms with Crippen LogP contribution in [0.1, 0.15) is 0 Å². The maximum atomic E-state index is 6.92. The monoisotopic (exact) mass is 282 g/mol. The van der Waals surface area contributed by atoms with Gasteiger partial charge in [-0.15, -0.1) is 0 Å². The van der Waals surface area contributed by atoms with Gasteiger partial charge in [0, 0.05) is 82.5 Å². The molecule has 0 saturated heterocycles. The third kappa shape index (κ3) is 156. The van der Waals surface area contributed by atoms with Crippen molar-refractivity contribution >= 4 is 27.2 Å². The molecule has 0 unspecified atom stereocenters. The largest absolute Gasteiger partial charge is 0.344 e. The van der Waals surface area contributed by atoms with Crippen molar-refractivity contribution in [3.8, 4) is 0 Å². The van der Waals surface area contributed by atoms with E-state index in [0.29, 0.717) is 0 Å². The Hall–Kier alpha value is 2.44. The van der Waals surface area contributed by atoms with E-state index in [1.807, 2.05) is 0 Å². The molecule has 3 radical (unpaired) electrons. The average Bonchev–Trinajstić information content (AvgIpc) is 1.00. The van der Waals surface area contributed by atoms with Crippen molar-refractivity contribution < 1.29 is 65.2 Å². The third-order valence-electron chi connectivity index (χ3n) is 0. The van der Waals surface area contributed by atoms with Crippen molar-refractivity contribution in [3.63, 3.8) is 0 Å². The van der Waals surface area contributed by atoms with Gasteiger partial charge < -0.3 is 24.6 Å². The topological polar surface area (TPSA) is 164 Å². The molecule has 0 aliphatic carbocycles. The van der Waals surface area contributed by atoms with Gasteiger partial charge in [0.1, 0.15) is 0 Å². The second-order valence-corrected chi connectivity index (χ2v) is 0. The molecule has 0 fully saturated rings.